The SMILES string of the molecule is CCC(N)(CC)CNC(=O)c1sc(C)cc1OC(F)F. The number of nitrogens with two attached hydrogens (primary N) is 1. The fourth-order valence-corrected chi connectivity index (χ4v) is 2.53. The van der Waals surface area contributed by atoms with E-state index in [9.17, 15) is 13.6 Å². The summed E-state index contributed by atoms with van der Waals surface area (Å²) < 4.78 is 28.9. The molecule has 1 rings (SSSR count). The van der Waals surface area contributed by atoms with Crippen LogP contribution in [0.3, 0.4) is 0 Å². The molecule has 0 aliphatic rings. The van der Waals surface area contributed by atoms with Crippen molar-refractivity contribution < 1.29 is 18.3 Å². The largest absolute Gasteiger partial charge is 0.433 e. The minimum absolute atomic E-state index is 0.0874. The van der Waals surface area contributed by atoms with Crippen LogP contribution in [0.15, 0.2) is 6.07 Å². The van der Waals surface area contributed by atoms with Crippen LogP contribution in [0, 0.1) is 6.92 Å². The number of rotatable bonds is 7. The van der Waals surface area contributed by atoms with Crippen molar-refractivity contribution in [1.29, 1.82) is 0 Å². The molecule has 0 radical (unpaired) electrons. The van der Waals surface area contributed by atoms with Crippen LogP contribution in [0.2, 0.25) is 0 Å². The van der Waals surface area contributed by atoms with Crippen molar-refractivity contribution >= 4 is 17.2 Å². The molecule has 0 atom stereocenters. The molecule has 0 aromatic carbocycles. The molecule has 0 unspecified atom stereocenters. The van der Waals surface area contributed by atoms with Gasteiger partial charge >= 0.3 is 6.61 Å². The van der Waals surface area contributed by atoms with Crippen LogP contribution in [0.5, 0.6) is 5.75 Å². The summed E-state index contributed by atoms with van der Waals surface area (Å²) in [5.74, 6) is -0.522. The maximum Gasteiger partial charge on any atom is 0.387 e. The fraction of sp³-hybridized carbons (Fsp3) is 0.615. The van der Waals surface area contributed by atoms with Crippen LogP contribution >= 0.6 is 11.3 Å². The molecule has 0 saturated carbocycles. The van der Waals surface area contributed by atoms with E-state index in [2.05, 4.69) is 10.1 Å². The molecular weight excluding hydrogens is 286 g/mol. The first-order chi connectivity index (χ1) is 9.31. The molecule has 0 bridgehead atoms. The number of amides is 1. The average molecular weight is 306 g/mol. The van der Waals surface area contributed by atoms with Gasteiger partial charge in [0.05, 0.1) is 0 Å². The van der Waals surface area contributed by atoms with Gasteiger partial charge in [-0.3, -0.25) is 4.79 Å². The van der Waals surface area contributed by atoms with Gasteiger partial charge in [-0.05, 0) is 25.8 Å². The molecule has 20 heavy (non-hydrogen) atoms. The molecule has 0 fully saturated rings. The quantitative estimate of drug-likeness (QED) is 0.814. The number of hydrogen-bond donors (Lipinski definition) is 2. The maximum atomic E-state index is 12.3. The summed E-state index contributed by atoms with van der Waals surface area (Å²) in [6.07, 6.45) is 1.43. The third-order valence-corrected chi connectivity index (χ3v) is 4.28. The molecule has 114 valence electrons. The van der Waals surface area contributed by atoms with E-state index in [0.29, 0.717) is 19.4 Å². The number of hydrogen-bond acceptors (Lipinski definition) is 4. The van der Waals surface area contributed by atoms with Gasteiger partial charge in [0.2, 0.25) is 0 Å². The second-order valence-electron chi connectivity index (χ2n) is 4.68. The molecule has 1 aromatic rings. The number of ether oxygens (including phenoxy) is 1. The number of halogens is 2. The summed E-state index contributed by atoms with van der Waals surface area (Å²) in [4.78, 5) is 12.9. The third kappa shape index (κ3) is 4.42. The first kappa shape index (κ1) is 16.8. The van der Waals surface area contributed by atoms with Crippen molar-refractivity contribution in [2.24, 2.45) is 5.73 Å². The highest BCUT2D eigenvalue weighted by atomic mass is 32.1. The van der Waals surface area contributed by atoms with Crippen LogP contribution in [-0.4, -0.2) is 24.6 Å². The normalized spacial score (nSPS) is 11.8. The van der Waals surface area contributed by atoms with Crippen LogP contribution in [0.1, 0.15) is 41.2 Å². The number of carbonyl (C=O) groups excluding carboxylic acids is 1. The van der Waals surface area contributed by atoms with E-state index in [-0.39, 0.29) is 10.6 Å². The van der Waals surface area contributed by atoms with E-state index in [1.165, 1.54) is 6.07 Å². The summed E-state index contributed by atoms with van der Waals surface area (Å²) in [5.41, 5.74) is 5.60. The van der Waals surface area contributed by atoms with Crippen LogP contribution in [0.25, 0.3) is 0 Å². The minimum atomic E-state index is -2.95. The Labute approximate surface area is 121 Å². The van der Waals surface area contributed by atoms with Gasteiger partial charge in [0.25, 0.3) is 5.91 Å². The Morgan fingerprint density at radius 2 is 2.10 bits per heavy atom. The van der Waals surface area contributed by atoms with Crippen LogP contribution in [0.4, 0.5) is 8.78 Å². The molecule has 0 spiro atoms. The summed E-state index contributed by atoms with van der Waals surface area (Å²) in [6.45, 7) is 2.96. The Morgan fingerprint density at radius 1 is 1.50 bits per heavy atom. The van der Waals surface area contributed by atoms with Crippen LogP contribution in [-0.2, 0) is 0 Å². The number of thiophene rings is 1. The van der Waals surface area contributed by atoms with Gasteiger partial charge in [0.15, 0.2) is 0 Å². The number of nitrogens with one attached hydrogen (secondary N) is 1. The molecule has 0 aliphatic heterocycles. The standard InChI is InChI=1S/C13H20F2N2O2S/c1-4-13(16,5-2)7-17-11(18)10-9(19-12(14)15)6-8(3)20-10/h6,12H,4-5,7,16H2,1-3H3,(H,17,18). The highest BCUT2D eigenvalue weighted by molar-refractivity contribution is 7.14. The first-order valence-electron chi connectivity index (χ1n) is 6.43. The number of carbonyl (C=O) groups is 1. The van der Waals surface area contributed by atoms with E-state index >= 15 is 0 Å². The van der Waals surface area contributed by atoms with E-state index < -0.39 is 18.1 Å². The lowest BCUT2D eigenvalue weighted by Crippen LogP contribution is -2.49. The minimum Gasteiger partial charge on any atom is -0.433 e. The molecule has 1 heterocycles. The van der Waals surface area contributed by atoms with Gasteiger partial charge in [-0.25, -0.2) is 0 Å². The summed E-state index contributed by atoms with van der Waals surface area (Å²) >= 11 is 1.12. The lowest BCUT2D eigenvalue weighted by atomic mass is 9.94. The number of alkyl halides is 2. The smallest absolute Gasteiger partial charge is 0.387 e. The van der Waals surface area contributed by atoms with Gasteiger partial charge in [-0.2, -0.15) is 8.78 Å². The summed E-state index contributed by atoms with van der Waals surface area (Å²) in [7, 11) is 0. The van der Waals surface area contributed by atoms with E-state index in [1.807, 2.05) is 13.8 Å². The second kappa shape index (κ2) is 6.99. The monoisotopic (exact) mass is 306 g/mol. The predicted octanol–water partition coefficient (Wildman–Crippen LogP) is 2.91. The molecule has 3 N–H and O–H groups in total. The molecule has 1 amide bonds. The van der Waals surface area contributed by atoms with Gasteiger partial charge in [-0.15, -0.1) is 11.3 Å². The zero-order chi connectivity index (χ0) is 15.3. The summed E-state index contributed by atoms with van der Waals surface area (Å²) in [6, 6.07) is 1.43. The summed E-state index contributed by atoms with van der Waals surface area (Å²) in [5, 5.41) is 2.69. The van der Waals surface area contributed by atoms with Crippen molar-refractivity contribution in [2.75, 3.05) is 6.54 Å². The molecule has 0 saturated heterocycles. The van der Waals surface area contributed by atoms with Crippen molar-refractivity contribution in [1.82, 2.24) is 5.32 Å². The Morgan fingerprint density at radius 3 is 2.60 bits per heavy atom. The van der Waals surface area contributed by atoms with Crippen molar-refractivity contribution in [3.8, 4) is 5.75 Å². The Bertz CT molecular complexity index is 459. The second-order valence-corrected chi connectivity index (χ2v) is 5.94. The van der Waals surface area contributed by atoms with E-state index in [1.54, 1.807) is 6.92 Å². The molecule has 4 nitrogen and oxygen atoms in total. The Kier molecular flexibility index (Phi) is 5.88. The van der Waals surface area contributed by atoms with E-state index in [0.717, 1.165) is 16.2 Å². The zero-order valence-corrected chi connectivity index (χ0v) is 12.7. The van der Waals surface area contributed by atoms with Crippen LogP contribution < -0.4 is 15.8 Å². The van der Waals surface area contributed by atoms with Gasteiger partial charge in [-0.1, -0.05) is 13.8 Å². The van der Waals surface area contributed by atoms with Crippen molar-refractivity contribution in [3.63, 3.8) is 0 Å². The van der Waals surface area contributed by atoms with Gasteiger partial charge < -0.3 is 15.8 Å². The first-order valence-corrected chi connectivity index (χ1v) is 7.25. The fourth-order valence-electron chi connectivity index (χ4n) is 1.67. The third-order valence-electron chi connectivity index (χ3n) is 3.25. The lowest BCUT2D eigenvalue weighted by molar-refractivity contribution is -0.0498. The molecular formula is C13H20F2N2O2S. The maximum absolute atomic E-state index is 12.3. The highest BCUT2D eigenvalue weighted by Crippen LogP contribution is 2.30. The number of aryl methyl sites for hydroxylation is 1. The van der Waals surface area contributed by atoms with Gasteiger partial charge in [0.1, 0.15) is 10.6 Å². The Balaban J connectivity index is 2.77. The Hall–Kier alpha value is -1.21. The molecule has 1 aromatic heterocycles. The van der Waals surface area contributed by atoms with Crippen molar-refractivity contribution in [2.45, 2.75) is 45.8 Å². The lowest BCUT2D eigenvalue weighted by Gasteiger charge is -2.26. The van der Waals surface area contributed by atoms with Crippen molar-refractivity contribution in [3.05, 3.63) is 15.8 Å². The van der Waals surface area contributed by atoms with E-state index in [4.69, 9.17) is 5.73 Å². The molecule has 0 aliphatic carbocycles. The highest BCUT2D eigenvalue weighted by Gasteiger charge is 2.24. The van der Waals surface area contributed by atoms with Gasteiger partial charge in [0, 0.05) is 17.0 Å². The predicted molar refractivity (Wildman–Crippen MR) is 75.5 cm³/mol. The topological polar surface area (TPSA) is 64.3 Å². The average Bonchev–Trinajstić information content (AvgIpc) is 2.75. The zero-order valence-electron chi connectivity index (χ0n) is 11.8. The molecule has 7 heteroatoms.